The second kappa shape index (κ2) is 4.87. The molecule has 0 bridgehead atoms. The maximum atomic E-state index is 12.2. The Morgan fingerprint density at radius 1 is 1.65 bits per heavy atom. The minimum Gasteiger partial charge on any atom is -0.355 e. The highest BCUT2D eigenvalue weighted by Gasteiger charge is 2.25. The van der Waals surface area contributed by atoms with Gasteiger partial charge in [-0.1, -0.05) is 0 Å². The third-order valence-corrected chi connectivity index (χ3v) is 3.07. The highest BCUT2D eigenvalue weighted by atomic mass is 16.1. The molecule has 0 aromatic carbocycles. The van der Waals surface area contributed by atoms with Crippen molar-refractivity contribution in [1.29, 1.82) is 0 Å². The van der Waals surface area contributed by atoms with Gasteiger partial charge in [0.15, 0.2) is 5.82 Å². The van der Waals surface area contributed by atoms with Crippen LogP contribution in [0.25, 0.3) is 0 Å². The lowest BCUT2D eigenvalue weighted by Gasteiger charge is -2.19. The number of aromatic nitrogens is 2. The first kappa shape index (κ1) is 12.1. The third kappa shape index (κ3) is 2.85. The van der Waals surface area contributed by atoms with Crippen LogP contribution in [0.5, 0.6) is 0 Å². The summed E-state index contributed by atoms with van der Waals surface area (Å²) in [6, 6.07) is 0.540. The first-order valence-corrected chi connectivity index (χ1v) is 6.13. The number of rotatable bonds is 5. The van der Waals surface area contributed by atoms with E-state index in [9.17, 15) is 4.79 Å². The molecule has 0 radical (unpaired) electrons. The van der Waals surface area contributed by atoms with Crippen molar-refractivity contribution in [2.45, 2.75) is 38.3 Å². The fraction of sp³-hybridized carbons (Fsp3) is 0.667. The molecule has 2 N–H and O–H groups in total. The lowest BCUT2D eigenvalue weighted by atomic mass is 10.2. The molecule has 1 aliphatic carbocycles. The second-order valence-corrected chi connectivity index (χ2v) is 4.88. The zero-order valence-corrected chi connectivity index (χ0v) is 10.5. The molecular weight excluding hydrogens is 216 g/mol. The zero-order chi connectivity index (χ0) is 12.4. The van der Waals surface area contributed by atoms with E-state index in [1.165, 1.54) is 0 Å². The summed E-state index contributed by atoms with van der Waals surface area (Å²) in [7, 11) is 1.89. The fourth-order valence-corrected chi connectivity index (χ4v) is 1.82. The van der Waals surface area contributed by atoms with Crippen LogP contribution in [-0.2, 0) is 0 Å². The van der Waals surface area contributed by atoms with E-state index in [-0.39, 0.29) is 11.6 Å². The van der Waals surface area contributed by atoms with Gasteiger partial charge >= 0.3 is 0 Å². The van der Waals surface area contributed by atoms with Crippen LogP contribution in [-0.4, -0.2) is 29.2 Å². The molecule has 5 nitrogen and oxygen atoms in total. The van der Waals surface area contributed by atoms with E-state index in [1.54, 1.807) is 17.0 Å². The van der Waals surface area contributed by atoms with Gasteiger partial charge in [-0.3, -0.25) is 4.79 Å². The summed E-state index contributed by atoms with van der Waals surface area (Å²) >= 11 is 0. The SMILES string of the molecule is CC(N)CCN(C)c1nccn(C2CC2)c1=O. The molecule has 0 spiro atoms. The van der Waals surface area contributed by atoms with Crippen LogP contribution in [0.3, 0.4) is 0 Å². The highest BCUT2D eigenvalue weighted by molar-refractivity contribution is 5.34. The zero-order valence-electron chi connectivity index (χ0n) is 10.5. The topological polar surface area (TPSA) is 64.2 Å². The van der Waals surface area contributed by atoms with Crippen molar-refractivity contribution in [1.82, 2.24) is 9.55 Å². The van der Waals surface area contributed by atoms with Gasteiger partial charge in [0.25, 0.3) is 5.56 Å². The Balaban J connectivity index is 2.14. The molecular formula is C12H20N4O. The monoisotopic (exact) mass is 236 g/mol. The average Bonchev–Trinajstić information content (AvgIpc) is 3.10. The molecule has 2 rings (SSSR count). The van der Waals surface area contributed by atoms with Crippen LogP contribution in [0.4, 0.5) is 5.82 Å². The van der Waals surface area contributed by atoms with Crippen molar-refractivity contribution >= 4 is 5.82 Å². The predicted octanol–water partition coefficient (Wildman–Crippen LogP) is 0.752. The number of nitrogens with two attached hydrogens (primary N) is 1. The van der Waals surface area contributed by atoms with Crippen molar-refractivity contribution in [3.05, 3.63) is 22.7 Å². The summed E-state index contributed by atoms with van der Waals surface area (Å²) in [4.78, 5) is 18.2. The number of anilines is 1. The van der Waals surface area contributed by atoms with Crippen molar-refractivity contribution in [3.63, 3.8) is 0 Å². The van der Waals surface area contributed by atoms with Crippen LogP contribution in [0.15, 0.2) is 17.2 Å². The maximum absolute atomic E-state index is 12.2. The van der Waals surface area contributed by atoms with Crippen LogP contribution in [0.1, 0.15) is 32.2 Å². The molecule has 17 heavy (non-hydrogen) atoms. The predicted molar refractivity (Wildman–Crippen MR) is 68.3 cm³/mol. The Hall–Kier alpha value is -1.36. The van der Waals surface area contributed by atoms with E-state index in [4.69, 9.17) is 5.73 Å². The first-order chi connectivity index (χ1) is 8.09. The van der Waals surface area contributed by atoms with Crippen molar-refractivity contribution < 1.29 is 0 Å². The van der Waals surface area contributed by atoms with Gasteiger partial charge < -0.3 is 15.2 Å². The largest absolute Gasteiger partial charge is 0.355 e. The van der Waals surface area contributed by atoms with Crippen LogP contribution in [0.2, 0.25) is 0 Å². The summed E-state index contributed by atoms with van der Waals surface area (Å²) in [6.45, 7) is 2.73. The molecule has 1 fully saturated rings. The normalized spacial score (nSPS) is 16.9. The summed E-state index contributed by atoms with van der Waals surface area (Å²) in [5.74, 6) is 0.528. The van der Waals surface area contributed by atoms with Crippen LogP contribution < -0.4 is 16.2 Å². The minimum absolute atomic E-state index is 0.0159. The lowest BCUT2D eigenvalue weighted by molar-refractivity contribution is 0.645. The molecule has 0 amide bonds. The maximum Gasteiger partial charge on any atom is 0.293 e. The summed E-state index contributed by atoms with van der Waals surface area (Å²) in [6.07, 6.45) is 6.55. The molecule has 0 aliphatic heterocycles. The van der Waals surface area contributed by atoms with Crippen molar-refractivity contribution in [3.8, 4) is 0 Å². The molecule has 1 aromatic heterocycles. The van der Waals surface area contributed by atoms with Gasteiger partial charge in [-0.25, -0.2) is 4.98 Å². The lowest BCUT2D eigenvalue weighted by Crippen LogP contribution is -2.33. The van der Waals surface area contributed by atoms with E-state index >= 15 is 0 Å². The Kier molecular flexibility index (Phi) is 3.47. The Labute approximate surface area is 101 Å². The summed E-state index contributed by atoms with van der Waals surface area (Å²) < 4.78 is 1.80. The number of nitrogens with zero attached hydrogens (tertiary/aromatic N) is 3. The van der Waals surface area contributed by atoms with Gasteiger partial charge in [0.2, 0.25) is 0 Å². The van der Waals surface area contributed by atoms with E-state index in [2.05, 4.69) is 4.98 Å². The number of hydrogen-bond donors (Lipinski definition) is 1. The standard InChI is InChI=1S/C12H20N4O/c1-9(13)5-7-15(2)11-12(17)16(8-6-14-11)10-3-4-10/h6,8-10H,3-5,7,13H2,1-2H3. The summed E-state index contributed by atoms with van der Waals surface area (Å²) in [5, 5.41) is 0. The Morgan fingerprint density at radius 3 is 2.94 bits per heavy atom. The van der Waals surface area contributed by atoms with Gasteiger partial charge in [-0.15, -0.1) is 0 Å². The van der Waals surface area contributed by atoms with E-state index in [0.717, 1.165) is 25.8 Å². The van der Waals surface area contributed by atoms with Gasteiger partial charge in [0, 0.05) is 38.1 Å². The van der Waals surface area contributed by atoms with Gasteiger partial charge in [0.05, 0.1) is 0 Å². The second-order valence-electron chi connectivity index (χ2n) is 4.88. The molecule has 94 valence electrons. The smallest absolute Gasteiger partial charge is 0.293 e. The first-order valence-electron chi connectivity index (χ1n) is 6.13. The molecule has 1 atom stereocenters. The van der Waals surface area contributed by atoms with Crippen molar-refractivity contribution in [2.24, 2.45) is 5.73 Å². The molecule has 1 heterocycles. The molecule has 5 heteroatoms. The third-order valence-electron chi connectivity index (χ3n) is 3.07. The molecule has 1 aliphatic rings. The van der Waals surface area contributed by atoms with Gasteiger partial charge in [-0.05, 0) is 26.2 Å². The number of hydrogen-bond acceptors (Lipinski definition) is 4. The van der Waals surface area contributed by atoms with E-state index in [1.807, 2.05) is 18.9 Å². The Morgan fingerprint density at radius 2 is 2.35 bits per heavy atom. The molecule has 1 aromatic rings. The van der Waals surface area contributed by atoms with E-state index < -0.39 is 0 Å². The van der Waals surface area contributed by atoms with E-state index in [0.29, 0.717) is 11.9 Å². The minimum atomic E-state index is 0.0159. The quantitative estimate of drug-likeness (QED) is 0.819. The Bertz CT molecular complexity index is 436. The fourth-order valence-electron chi connectivity index (χ4n) is 1.82. The molecule has 0 saturated heterocycles. The van der Waals surface area contributed by atoms with Gasteiger partial charge in [0.1, 0.15) is 0 Å². The van der Waals surface area contributed by atoms with Crippen LogP contribution >= 0.6 is 0 Å². The molecule has 1 unspecified atom stereocenters. The highest BCUT2D eigenvalue weighted by Crippen LogP contribution is 2.33. The van der Waals surface area contributed by atoms with Gasteiger partial charge in [-0.2, -0.15) is 0 Å². The average molecular weight is 236 g/mol. The molecule has 1 saturated carbocycles. The van der Waals surface area contributed by atoms with Crippen LogP contribution in [0, 0.1) is 0 Å². The summed E-state index contributed by atoms with van der Waals surface area (Å²) in [5.41, 5.74) is 5.73. The van der Waals surface area contributed by atoms with Crippen molar-refractivity contribution in [2.75, 3.05) is 18.5 Å².